The van der Waals surface area contributed by atoms with E-state index in [9.17, 15) is 10.1 Å². The highest BCUT2D eigenvalue weighted by molar-refractivity contribution is 8.01. The first-order valence-electron chi connectivity index (χ1n) is 8.11. The summed E-state index contributed by atoms with van der Waals surface area (Å²) in [5, 5.41) is 24.3. The summed E-state index contributed by atoms with van der Waals surface area (Å²) in [5.41, 5.74) is 1.46. The Balaban J connectivity index is 1.51. The van der Waals surface area contributed by atoms with Crippen LogP contribution in [0, 0.1) is 18.3 Å². The summed E-state index contributed by atoms with van der Waals surface area (Å²) in [6.07, 6.45) is 3.46. The number of nitrogens with one attached hydrogen (secondary N) is 2. The first-order valence-corrected chi connectivity index (χ1v) is 9.91. The molecule has 0 aliphatic heterocycles. The third kappa shape index (κ3) is 4.71. The zero-order valence-electron chi connectivity index (χ0n) is 13.9. The van der Waals surface area contributed by atoms with Crippen molar-refractivity contribution in [3.8, 4) is 6.07 Å². The van der Waals surface area contributed by atoms with Crippen LogP contribution in [0.25, 0.3) is 0 Å². The normalized spacial score (nSPS) is 15.5. The van der Waals surface area contributed by atoms with Crippen LogP contribution in [0.15, 0.2) is 28.6 Å². The fraction of sp³-hybridized carbons (Fsp3) is 0.412. The van der Waals surface area contributed by atoms with Crippen LogP contribution < -0.4 is 10.6 Å². The molecule has 25 heavy (non-hydrogen) atoms. The molecule has 2 aromatic rings. The van der Waals surface area contributed by atoms with Gasteiger partial charge in [0.1, 0.15) is 5.54 Å². The minimum Gasteiger partial charge on any atom is -0.337 e. The molecule has 1 aliphatic rings. The minimum atomic E-state index is -0.670. The van der Waals surface area contributed by atoms with E-state index in [1.165, 1.54) is 28.7 Å². The van der Waals surface area contributed by atoms with Crippen LogP contribution in [-0.4, -0.2) is 27.4 Å². The number of hydrogen-bond donors (Lipinski definition) is 2. The van der Waals surface area contributed by atoms with E-state index >= 15 is 0 Å². The smallest absolute Gasteiger partial charge is 0.231 e. The second-order valence-electron chi connectivity index (χ2n) is 6.11. The maximum absolute atomic E-state index is 12.1. The summed E-state index contributed by atoms with van der Waals surface area (Å²) >= 11 is 2.75. The van der Waals surface area contributed by atoms with Gasteiger partial charge in [-0.15, -0.1) is 10.2 Å². The van der Waals surface area contributed by atoms with Crippen LogP contribution >= 0.6 is 23.1 Å². The quantitative estimate of drug-likeness (QED) is 0.751. The minimum absolute atomic E-state index is 0.128. The van der Waals surface area contributed by atoms with Crippen molar-refractivity contribution in [2.45, 2.75) is 42.5 Å². The number of rotatable bonds is 6. The highest BCUT2D eigenvalue weighted by Gasteiger charge is 2.35. The summed E-state index contributed by atoms with van der Waals surface area (Å²) in [6, 6.07) is 10.3. The Labute approximate surface area is 155 Å². The van der Waals surface area contributed by atoms with Gasteiger partial charge in [-0.3, -0.25) is 4.79 Å². The van der Waals surface area contributed by atoms with Gasteiger partial charge in [0, 0.05) is 5.69 Å². The second kappa shape index (κ2) is 7.85. The summed E-state index contributed by atoms with van der Waals surface area (Å²) in [4.78, 5) is 12.1. The van der Waals surface area contributed by atoms with Gasteiger partial charge in [-0.25, -0.2) is 0 Å². The standard InChI is InChI=1S/C17H19N5OS2/c1-12-5-4-6-13(9-12)19-15-21-22-16(25-15)24-10-14(23)20-17(11-18)7-2-3-8-17/h4-6,9H,2-3,7-8,10H2,1H3,(H,19,21)(H,20,23). The molecule has 0 spiro atoms. The molecule has 1 heterocycles. The van der Waals surface area contributed by atoms with Gasteiger partial charge >= 0.3 is 0 Å². The van der Waals surface area contributed by atoms with Crippen LogP contribution in [0.4, 0.5) is 10.8 Å². The lowest BCUT2D eigenvalue weighted by Crippen LogP contribution is -2.45. The largest absolute Gasteiger partial charge is 0.337 e. The molecule has 0 atom stereocenters. The van der Waals surface area contributed by atoms with E-state index in [2.05, 4.69) is 26.9 Å². The summed E-state index contributed by atoms with van der Waals surface area (Å²) in [7, 11) is 0. The maximum atomic E-state index is 12.1. The van der Waals surface area contributed by atoms with Crippen LogP contribution in [0.1, 0.15) is 31.2 Å². The molecule has 1 aromatic heterocycles. The van der Waals surface area contributed by atoms with E-state index in [1.54, 1.807) is 0 Å². The Morgan fingerprint density at radius 1 is 1.40 bits per heavy atom. The maximum Gasteiger partial charge on any atom is 0.231 e. The molecule has 8 heteroatoms. The van der Waals surface area contributed by atoms with Crippen molar-refractivity contribution in [2.24, 2.45) is 0 Å². The van der Waals surface area contributed by atoms with Crippen molar-refractivity contribution in [1.82, 2.24) is 15.5 Å². The van der Waals surface area contributed by atoms with Gasteiger partial charge in [0.25, 0.3) is 0 Å². The number of benzene rings is 1. The predicted octanol–water partition coefficient (Wildman–Crippen LogP) is 3.63. The fourth-order valence-electron chi connectivity index (χ4n) is 2.84. The number of carbonyl (C=O) groups excluding carboxylic acids is 1. The van der Waals surface area contributed by atoms with E-state index in [1.807, 2.05) is 31.2 Å². The molecule has 1 amide bonds. The molecule has 0 radical (unpaired) electrons. The van der Waals surface area contributed by atoms with E-state index in [0.717, 1.165) is 35.7 Å². The molecule has 0 bridgehead atoms. The molecule has 0 saturated heterocycles. The molecule has 1 saturated carbocycles. The predicted molar refractivity (Wildman–Crippen MR) is 100 cm³/mol. The summed E-state index contributed by atoms with van der Waals surface area (Å²) < 4.78 is 0.725. The molecule has 0 unspecified atom stereocenters. The van der Waals surface area contributed by atoms with Gasteiger partial charge in [0.15, 0.2) is 4.34 Å². The van der Waals surface area contributed by atoms with E-state index in [0.29, 0.717) is 5.13 Å². The number of carbonyl (C=O) groups is 1. The first kappa shape index (κ1) is 17.7. The molecule has 6 nitrogen and oxygen atoms in total. The average Bonchev–Trinajstić information content (AvgIpc) is 3.23. The van der Waals surface area contributed by atoms with Crippen molar-refractivity contribution in [2.75, 3.05) is 11.1 Å². The van der Waals surface area contributed by atoms with Crippen molar-refractivity contribution < 1.29 is 4.79 Å². The van der Waals surface area contributed by atoms with Crippen molar-refractivity contribution in [1.29, 1.82) is 5.26 Å². The lowest BCUT2D eigenvalue weighted by atomic mass is 10.0. The molecule has 3 rings (SSSR count). The highest BCUT2D eigenvalue weighted by Crippen LogP contribution is 2.30. The van der Waals surface area contributed by atoms with Gasteiger partial charge in [0.2, 0.25) is 11.0 Å². The molecular formula is C17H19N5OS2. The topological polar surface area (TPSA) is 90.7 Å². The van der Waals surface area contributed by atoms with Gasteiger partial charge < -0.3 is 10.6 Å². The van der Waals surface area contributed by atoms with E-state index in [4.69, 9.17) is 0 Å². The van der Waals surface area contributed by atoms with Crippen LogP contribution in [-0.2, 0) is 4.79 Å². The number of anilines is 2. The lowest BCUT2D eigenvalue weighted by Gasteiger charge is -2.21. The van der Waals surface area contributed by atoms with Gasteiger partial charge in [-0.1, -0.05) is 35.2 Å². The van der Waals surface area contributed by atoms with Gasteiger partial charge in [-0.2, -0.15) is 5.26 Å². The van der Waals surface area contributed by atoms with Gasteiger partial charge in [-0.05, 0) is 50.3 Å². The number of nitriles is 1. The van der Waals surface area contributed by atoms with E-state index < -0.39 is 5.54 Å². The SMILES string of the molecule is Cc1cccc(Nc2nnc(SCC(=O)NC3(C#N)CCCC3)s2)c1. The van der Waals surface area contributed by atoms with Crippen molar-refractivity contribution >= 4 is 39.8 Å². The van der Waals surface area contributed by atoms with E-state index in [-0.39, 0.29) is 11.7 Å². The second-order valence-corrected chi connectivity index (χ2v) is 8.31. The zero-order valence-corrected chi connectivity index (χ0v) is 15.5. The molecular weight excluding hydrogens is 354 g/mol. The summed E-state index contributed by atoms with van der Waals surface area (Å²) in [6.45, 7) is 2.03. The summed E-state index contributed by atoms with van der Waals surface area (Å²) in [5.74, 6) is 0.111. The molecule has 1 aliphatic carbocycles. The highest BCUT2D eigenvalue weighted by atomic mass is 32.2. The Bertz CT molecular complexity index is 792. The Morgan fingerprint density at radius 3 is 2.92 bits per heavy atom. The number of hydrogen-bond acceptors (Lipinski definition) is 7. The van der Waals surface area contributed by atoms with Crippen LogP contribution in [0.2, 0.25) is 0 Å². The third-order valence-electron chi connectivity index (χ3n) is 4.05. The first-order chi connectivity index (χ1) is 12.1. The number of nitrogens with zero attached hydrogens (tertiary/aromatic N) is 3. The number of thioether (sulfide) groups is 1. The molecule has 2 N–H and O–H groups in total. The molecule has 1 aromatic carbocycles. The Kier molecular flexibility index (Phi) is 5.56. The van der Waals surface area contributed by atoms with Crippen LogP contribution in [0.3, 0.4) is 0 Å². The van der Waals surface area contributed by atoms with Crippen molar-refractivity contribution in [3.05, 3.63) is 29.8 Å². The Morgan fingerprint density at radius 2 is 2.20 bits per heavy atom. The Hall–Kier alpha value is -2.11. The van der Waals surface area contributed by atoms with Crippen molar-refractivity contribution in [3.63, 3.8) is 0 Å². The number of aryl methyl sites for hydroxylation is 1. The fourth-order valence-corrected chi connectivity index (χ4v) is 4.41. The third-order valence-corrected chi connectivity index (χ3v) is 6.02. The monoisotopic (exact) mass is 373 g/mol. The molecule has 1 fully saturated rings. The average molecular weight is 374 g/mol. The zero-order chi connectivity index (χ0) is 17.7. The number of aromatic nitrogens is 2. The van der Waals surface area contributed by atoms with Gasteiger partial charge in [0.05, 0.1) is 11.8 Å². The van der Waals surface area contributed by atoms with Crippen LogP contribution in [0.5, 0.6) is 0 Å². The lowest BCUT2D eigenvalue weighted by molar-refractivity contribution is -0.119. The number of amides is 1. The molecule has 130 valence electrons.